The minimum atomic E-state index is 0.239. The normalized spacial score (nSPS) is 20.2. The lowest BCUT2D eigenvalue weighted by atomic mass is 9.92. The Morgan fingerprint density at radius 3 is 2.41 bits per heavy atom. The van der Waals surface area contributed by atoms with Crippen molar-refractivity contribution in [3.8, 4) is 0 Å². The number of hydrogen-bond donors (Lipinski definition) is 0. The van der Waals surface area contributed by atoms with E-state index in [0.717, 1.165) is 5.92 Å². The van der Waals surface area contributed by atoms with Gasteiger partial charge in [0.25, 0.3) is 0 Å². The zero-order chi connectivity index (χ0) is 12.3. The third kappa shape index (κ3) is 3.72. The topological polar surface area (TPSA) is 0 Å². The van der Waals surface area contributed by atoms with Crippen LogP contribution >= 0.6 is 22.9 Å². The van der Waals surface area contributed by atoms with E-state index >= 15 is 0 Å². The summed E-state index contributed by atoms with van der Waals surface area (Å²) in [7, 11) is 0. The molecule has 1 unspecified atom stereocenters. The van der Waals surface area contributed by atoms with E-state index < -0.39 is 0 Å². The van der Waals surface area contributed by atoms with Crippen LogP contribution in [-0.2, 0) is 0 Å². The number of alkyl halides is 1. The second-order valence-electron chi connectivity index (χ2n) is 5.43. The van der Waals surface area contributed by atoms with Gasteiger partial charge in [0.15, 0.2) is 0 Å². The van der Waals surface area contributed by atoms with Gasteiger partial charge in [-0.1, -0.05) is 38.5 Å². The van der Waals surface area contributed by atoms with Crippen LogP contribution in [0.5, 0.6) is 0 Å². The summed E-state index contributed by atoms with van der Waals surface area (Å²) in [5, 5.41) is 0.239. The van der Waals surface area contributed by atoms with Crippen molar-refractivity contribution in [3.63, 3.8) is 0 Å². The number of halogens is 1. The third-order valence-electron chi connectivity index (χ3n) is 3.93. The van der Waals surface area contributed by atoms with Crippen molar-refractivity contribution in [1.29, 1.82) is 0 Å². The van der Waals surface area contributed by atoms with Crippen LogP contribution in [0.4, 0.5) is 0 Å². The first-order valence-electron chi connectivity index (χ1n) is 6.88. The first kappa shape index (κ1) is 13.4. The van der Waals surface area contributed by atoms with Crippen LogP contribution in [0.1, 0.15) is 65.6 Å². The molecule has 1 saturated carbocycles. The van der Waals surface area contributed by atoms with E-state index in [2.05, 4.69) is 19.9 Å². The molecule has 0 aliphatic heterocycles. The monoisotopic (exact) mass is 270 g/mol. The van der Waals surface area contributed by atoms with Gasteiger partial charge in [-0.3, -0.25) is 0 Å². The standard InChI is InChI=1S/C15H23ClS/c1-11-9-14(12(2)17-11)15(16)10-13-7-5-3-4-6-8-13/h9,13,15H,3-8,10H2,1-2H3. The van der Waals surface area contributed by atoms with Crippen molar-refractivity contribution in [2.45, 2.75) is 64.2 Å². The Kier molecular flexibility index (Phi) is 4.93. The smallest absolute Gasteiger partial charge is 0.0598 e. The van der Waals surface area contributed by atoms with E-state index in [-0.39, 0.29) is 5.38 Å². The summed E-state index contributed by atoms with van der Waals surface area (Å²) in [4.78, 5) is 2.81. The highest BCUT2D eigenvalue weighted by molar-refractivity contribution is 7.12. The van der Waals surface area contributed by atoms with Crippen molar-refractivity contribution in [1.82, 2.24) is 0 Å². The largest absolute Gasteiger partial charge is 0.146 e. The van der Waals surface area contributed by atoms with Crippen molar-refractivity contribution in [3.05, 3.63) is 21.4 Å². The zero-order valence-corrected chi connectivity index (χ0v) is 12.5. The molecular formula is C15H23ClS. The zero-order valence-electron chi connectivity index (χ0n) is 11.0. The molecule has 0 amide bonds. The predicted molar refractivity (Wildman–Crippen MR) is 78.2 cm³/mol. The van der Waals surface area contributed by atoms with Gasteiger partial charge in [-0.05, 0) is 37.8 Å². The van der Waals surface area contributed by atoms with Crippen LogP contribution in [0.2, 0.25) is 0 Å². The van der Waals surface area contributed by atoms with Gasteiger partial charge in [0.05, 0.1) is 5.38 Å². The minimum absolute atomic E-state index is 0.239. The second kappa shape index (κ2) is 6.24. The van der Waals surface area contributed by atoms with E-state index in [1.54, 1.807) is 0 Å². The maximum Gasteiger partial charge on any atom is 0.0598 e. The summed E-state index contributed by atoms with van der Waals surface area (Å²) in [6, 6.07) is 2.29. The Morgan fingerprint density at radius 2 is 1.88 bits per heavy atom. The van der Waals surface area contributed by atoms with Gasteiger partial charge in [-0.2, -0.15) is 0 Å². The van der Waals surface area contributed by atoms with E-state index in [1.165, 1.54) is 60.3 Å². The molecule has 96 valence electrons. The van der Waals surface area contributed by atoms with Gasteiger partial charge in [0, 0.05) is 9.75 Å². The van der Waals surface area contributed by atoms with Crippen LogP contribution in [0.3, 0.4) is 0 Å². The van der Waals surface area contributed by atoms with Crippen molar-refractivity contribution < 1.29 is 0 Å². The van der Waals surface area contributed by atoms with Crippen molar-refractivity contribution in [2.75, 3.05) is 0 Å². The Hall–Kier alpha value is -0.0100. The quantitative estimate of drug-likeness (QED) is 0.466. The fraction of sp³-hybridized carbons (Fsp3) is 0.733. The summed E-state index contributed by atoms with van der Waals surface area (Å²) in [6.07, 6.45) is 9.65. The highest BCUT2D eigenvalue weighted by Gasteiger charge is 2.20. The lowest BCUT2D eigenvalue weighted by molar-refractivity contribution is 0.423. The molecule has 1 heterocycles. The molecule has 2 heteroatoms. The fourth-order valence-electron chi connectivity index (χ4n) is 2.98. The molecule has 1 aliphatic carbocycles. The molecular weight excluding hydrogens is 248 g/mol. The number of thiophene rings is 1. The molecule has 1 fully saturated rings. The van der Waals surface area contributed by atoms with Gasteiger partial charge in [-0.15, -0.1) is 22.9 Å². The highest BCUT2D eigenvalue weighted by Crippen LogP contribution is 2.38. The molecule has 0 spiro atoms. The van der Waals surface area contributed by atoms with Crippen LogP contribution in [0, 0.1) is 19.8 Å². The summed E-state index contributed by atoms with van der Waals surface area (Å²) in [5.74, 6) is 0.861. The minimum Gasteiger partial charge on any atom is -0.146 e. The molecule has 1 atom stereocenters. The Morgan fingerprint density at radius 1 is 1.24 bits per heavy atom. The Balaban J connectivity index is 1.95. The predicted octanol–water partition coefficient (Wildman–Crippen LogP) is 6.01. The van der Waals surface area contributed by atoms with Crippen molar-refractivity contribution >= 4 is 22.9 Å². The first-order valence-corrected chi connectivity index (χ1v) is 8.13. The molecule has 2 rings (SSSR count). The number of hydrogen-bond acceptors (Lipinski definition) is 1. The van der Waals surface area contributed by atoms with Crippen LogP contribution in [0.15, 0.2) is 6.07 Å². The average Bonchev–Trinajstić information content (AvgIpc) is 2.51. The molecule has 1 aromatic heterocycles. The highest BCUT2D eigenvalue weighted by atomic mass is 35.5. The molecule has 0 bridgehead atoms. The summed E-state index contributed by atoms with van der Waals surface area (Å²) < 4.78 is 0. The Bertz CT molecular complexity index is 348. The van der Waals surface area contributed by atoms with Gasteiger partial charge in [0.1, 0.15) is 0 Å². The van der Waals surface area contributed by atoms with E-state index in [4.69, 9.17) is 11.6 Å². The molecule has 0 radical (unpaired) electrons. The van der Waals surface area contributed by atoms with Crippen LogP contribution in [-0.4, -0.2) is 0 Å². The maximum atomic E-state index is 6.62. The Labute approximate surface area is 114 Å². The van der Waals surface area contributed by atoms with Crippen LogP contribution < -0.4 is 0 Å². The number of rotatable bonds is 3. The van der Waals surface area contributed by atoms with Gasteiger partial charge in [0.2, 0.25) is 0 Å². The van der Waals surface area contributed by atoms with Crippen LogP contribution in [0.25, 0.3) is 0 Å². The SMILES string of the molecule is Cc1cc(C(Cl)CC2CCCCCC2)c(C)s1. The summed E-state index contributed by atoms with van der Waals surface area (Å²) in [6.45, 7) is 4.38. The lowest BCUT2D eigenvalue weighted by Crippen LogP contribution is -2.03. The number of aryl methyl sites for hydroxylation is 2. The van der Waals surface area contributed by atoms with Gasteiger partial charge < -0.3 is 0 Å². The molecule has 0 saturated heterocycles. The van der Waals surface area contributed by atoms with Crippen molar-refractivity contribution in [2.24, 2.45) is 5.92 Å². The lowest BCUT2D eigenvalue weighted by Gasteiger charge is -2.18. The molecule has 1 aromatic rings. The van der Waals surface area contributed by atoms with E-state index in [1.807, 2.05) is 11.3 Å². The molecule has 0 aromatic carbocycles. The third-order valence-corrected chi connectivity index (χ3v) is 5.33. The van der Waals surface area contributed by atoms with E-state index in [0.29, 0.717) is 0 Å². The van der Waals surface area contributed by atoms with Gasteiger partial charge >= 0.3 is 0 Å². The fourth-order valence-corrected chi connectivity index (χ4v) is 4.51. The summed E-state index contributed by atoms with van der Waals surface area (Å²) >= 11 is 8.50. The molecule has 0 nitrogen and oxygen atoms in total. The maximum absolute atomic E-state index is 6.62. The molecule has 1 aliphatic rings. The average molecular weight is 271 g/mol. The summed E-state index contributed by atoms with van der Waals surface area (Å²) in [5.41, 5.74) is 1.39. The molecule has 0 N–H and O–H groups in total. The van der Waals surface area contributed by atoms with E-state index in [9.17, 15) is 0 Å². The van der Waals surface area contributed by atoms with Gasteiger partial charge in [-0.25, -0.2) is 0 Å². The first-order chi connectivity index (χ1) is 8.16. The second-order valence-corrected chi connectivity index (χ2v) is 7.42. The molecule has 17 heavy (non-hydrogen) atoms.